The minimum Gasteiger partial charge on any atom is -0.319 e. The Morgan fingerprint density at radius 2 is 2.25 bits per heavy atom. The van der Waals surface area contributed by atoms with E-state index in [2.05, 4.69) is 10.3 Å². The van der Waals surface area contributed by atoms with Gasteiger partial charge in [0, 0.05) is 32.5 Å². The van der Waals surface area contributed by atoms with Crippen LogP contribution in [0.25, 0.3) is 0 Å². The maximum atomic E-state index is 11.8. The van der Waals surface area contributed by atoms with Crippen molar-refractivity contribution in [1.82, 2.24) is 14.6 Å². The SMILES string of the molecule is CNCCS(=O)(=O)N(C)Cc1cccnc1. The number of aromatic nitrogens is 1. The molecule has 0 atom stereocenters. The zero-order valence-corrected chi connectivity index (χ0v) is 10.4. The quantitative estimate of drug-likeness (QED) is 0.767. The number of nitrogens with one attached hydrogen (secondary N) is 1. The lowest BCUT2D eigenvalue weighted by Gasteiger charge is -2.16. The maximum absolute atomic E-state index is 11.8. The van der Waals surface area contributed by atoms with Crippen LogP contribution in [0.4, 0.5) is 0 Å². The van der Waals surface area contributed by atoms with E-state index in [1.165, 1.54) is 4.31 Å². The molecule has 1 aromatic heterocycles. The summed E-state index contributed by atoms with van der Waals surface area (Å²) >= 11 is 0. The molecular formula is C10H17N3O2S. The van der Waals surface area contributed by atoms with Crippen molar-refractivity contribution < 1.29 is 8.42 Å². The molecule has 0 aliphatic heterocycles. The Hall–Kier alpha value is -0.980. The van der Waals surface area contributed by atoms with Gasteiger partial charge < -0.3 is 5.32 Å². The van der Waals surface area contributed by atoms with Crippen molar-refractivity contribution in [2.24, 2.45) is 0 Å². The van der Waals surface area contributed by atoms with Crippen LogP contribution in [0.1, 0.15) is 5.56 Å². The lowest BCUT2D eigenvalue weighted by Crippen LogP contribution is -2.32. The molecule has 0 aliphatic carbocycles. The topological polar surface area (TPSA) is 62.3 Å². The number of rotatable bonds is 6. The second kappa shape index (κ2) is 5.93. The number of pyridine rings is 1. The summed E-state index contributed by atoms with van der Waals surface area (Å²) in [5.74, 6) is 0.111. The molecule has 0 aromatic carbocycles. The van der Waals surface area contributed by atoms with Gasteiger partial charge in [0.15, 0.2) is 0 Å². The van der Waals surface area contributed by atoms with Crippen LogP contribution >= 0.6 is 0 Å². The van der Waals surface area contributed by atoms with Crippen molar-refractivity contribution in [3.63, 3.8) is 0 Å². The van der Waals surface area contributed by atoms with Gasteiger partial charge in [-0.15, -0.1) is 0 Å². The Labute approximate surface area is 96.5 Å². The van der Waals surface area contributed by atoms with Gasteiger partial charge in [-0.1, -0.05) is 6.07 Å². The molecule has 0 saturated carbocycles. The first-order valence-electron chi connectivity index (χ1n) is 5.04. The summed E-state index contributed by atoms with van der Waals surface area (Å²) in [6, 6.07) is 3.65. The van der Waals surface area contributed by atoms with Gasteiger partial charge in [-0.25, -0.2) is 12.7 Å². The van der Waals surface area contributed by atoms with Crippen LogP contribution in [0, 0.1) is 0 Å². The highest BCUT2D eigenvalue weighted by Crippen LogP contribution is 2.05. The van der Waals surface area contributed by atoms with E-state index in [-0.39, 0.29) is 5.75 Å². The molecule has 16 heavy (non-hydrogen) atoms. The minimum atomic E-state index is -3.18. The van der Waals surface area contributed by atoms with Gasteiger partial charge in [-0.2, -0.15) is 0 Å². The van der Waals surface area contributed by atoms with E-state index in [1.807, 2.05) is 6.07 Å². The molecule has 0 spiro atoms. The summed E-state index contributed by atoms with van der Waals surface area (Å²) in [5.41, 5.74) is 0.887. The van der Waals surface area contributed by atoms with Crippen LogP contribution < -0.4 is 5.32 Å². The zero-order valence-electron chi connectivity index (χ0n) is 9.55. The van der Waals surface area contributed by atoms with Crippen LogP contribution in [0.15, 0.2) is 24.5 Å². The molecule has 90 valence electrons. The van der Waals surface area contributed by atoms with Gasteiger partial charge in [0.2, 0.25) is 10.0 Å². The summed E-state index contributed by atoms with van der Waals surface area (Å²) in [6.45, 7) is 0.819. The van der Waals surface area contributed by atoms with Crippen LogP contribution in [0.5, 0.6) is 0 Å². The third kappa shape index (κ3) is 3.88. The Kier molecular flexibility index (Phi) is 4.85. The first kappa shape index (κ1) is 13.1. The number of hydrogen-bond acceptors (Lipinski definition) is 4. The molecule has 0 amide bonds. The van der Waals surface area contributed by atoms with Crippen molar-refractivity contribution >= 4 is 10.0 Å². The van der Waals surface area contributed by atoms with Crippen LogP contribution in [0.3, 0.4) is 0 Å². The van der Waals surface area contributed by atoms with Crippen molar-refractivity contribution in [1.29, 1.82) is 0 Å². The maximum Gasteiger partial charge on any atom is 0.215 e. The number of hydrogen-bond donors (Lipinski definition) is 1. The van der Waals surface area contributed by atoms with Crippen LogP contribution in [0.2, 0.25) is 0 Å². The van der Waals surface area contributed by atoms with Gasteiger partial charge >= 0.3 is 0 Å². The highest BCUT2D eigenvalue weighted by Gasteiger charge is 2.16. The summed E-state index contributed by atoms with van der Waals surface area (Å²) in [7, 11) is 0.137. The molecule has 1 heterocycles. The molecule has 0 bridgehead atoms. The van der Waals surface area contributed by atoms with Crippen molar-refractivity contribution in [2.45, 2.75) is 6.54 Å². The van der Waals surface area contributed by atoms with Crippen molar-refractivity contribution in [3.8, 4) is 0 Å². The molecule has 5 nitrogen and oxygen atoms in total. The molecule has 0 unspecified atom stereocenters. The Morgan fingerprint density at radius 1 is 1.50 bits per heavy atom. The van der Waals surface area contributed by atoms with Gasteiger partial charge in [-0.05, 0) is 18.7 Å². The predicted molar refractivity (Wildman–Crippen MR) is 63.4 cm³/mol. The van der Waals surface area contributed by atoms with Gasteiger partial charge in [-0.3, -0.25) is 4.98 Å². The Morgan fingerprint density at radius 3 is 2.81 bits per heavy atom. The summed E-state index contributed by atoms with van der Waals surface area (Å²) < 4.78 is 24.9. The second-order valence-corrected chi connectivity index (χ2v) is 5.73. The number of sulfonamides is 1. The molecular weight excluding hydrogens is 226 g/mol. The van der Waals surface area contributed by atoms with Gasteiger partial charge in [0.1, 0.15) is 0 Å². The fraction of sp³-hybridized carbons (Fsp3) is 0.500. The Balaban J connectivity index is 2.61. The summed E-state index contributed by atoms with van der Waals surface area (Å²) in [5, 5.41) is 2.82. The first-order valence-corrected chi connectivity index (χ1v) is 6.64. The summed E-state index contributed by atoms with van der Waals surface area (Å²) in [6.07, 6.45) is 3.34. The molecule has 0 fully saturated rings. The molecule has 0 saturated heterocycles. The van der Waals surface area contributed by atoms with E-state index in [1.54, 1.807) is 32.6 Å². The van der Waals surface area contributed by atoms with Crippen molar-refractivity contribution in [3.05, 3.63) is 30.1 Å². The van der Waals surface area contributed by atoms with E-state index in [0.29, 0.717) is 13.1 Å². The lowest BCUT2D eigenvalue weighted by atomic mass is 10.3. The molecule has 1 aromatic rings. The fourth-order valence-corrected chi connectivity index (χ4v) is 2.35. The lowest BCUT2D eigenvalue weighted by molar-refractivity contribution is 0.465. The van der Waals surface area contributed by atoms with E-state index in [0.717, 1.165) is 5.56 Å². The molecule has 1 rings (SSSR count). The Bertz CT molecular complexity index is 405. The highest BCUT2D eigenvalue weighted by atomic mass is 32.2. The number of nitrogens with zero attached hydrogens (tertiary/aromatic N) is 2. The molecule has 1 N–H and O–H groups in total. The monoisotopic (exact) mass is 243 g/mol. The first-order chi connectivity index (χ1) is 7.56. The van der Waals surface area contributed by atoms with Crippen LogP contribution in [-0.4, -0.2) is 44.1 Å². The minimum absolute atomic E-state index is 0.111. The van der Waals surface area contributed by atoms with E-state index >= 15 is 0 Å². The third-order valence-corrected chi connectivity index (χ3v) is 4.01. The molecule has 0 radical (unpaired) electrons. The summed E-state index contributed by atoms with van der Waals surface area (Å²) in [4.78, 5) is 3.95. The van der Waals surface area contributed by atoms with Crippen LogP contribution in [-0.2, 0) is 16.6 Å². The van der Waals surface area contributed by atoms with E-state index in [4.69, 9.17) is 0 Å². The molecule has 0 aliphatic rings. The van der Waals surface area contributed by atoms with Crippen molar-refractivity contribution in [2.75, 3.05) is 26.4 Å². The van der Waals surface area contributed by atoms with E-state index < -0.39 is 10.0 Å². The smallest absolute Gasteiger partial charge is 0.215 e. The standard InChI is InChI=1S/C10H17N3O2S/c1-11-6-7-16(14,15)13(2)9-10-4-3-5-12-8-10/h3-5,8,11H,6-7,9H2,1-2H3. The van der Waals surface area contributed by atoms with E-state index in [9.17, 15) is 8.42 Å². The van der Waals surface area contributed by atoms with Gasteiger partial charge in [0.05, 0.1) is 5.75 Å². The normalized spacial score (nSPS) is 11.9. The average molecular weight is 243 g/mol. The largest absolute Gasteiger partial charge is 0.319 e. The second-order valence-electron chi connectivity index (χ2n) is 3.54. The highest BCUT2D eigenvalue weighted by molar-refractivity contribution is 7.89. The third-order valence-electron chi connectivity index (χ3n) is 2.21. The fourth-order valence-electron chi connectivity index (χ4n) is 1.23. The average Bonchev–Trinajstić information content (AvgIpc) is 2.28. The molecule has 6 heteroatoms. The zero-order chi connectivity index (χ0) is 12.0. The predicted octanol–water partition coefficient (Wildman–Crippen LogP) is 0.0626. The van der Waals surface area contributed by atoms with Gasteiger partial charge in [0.25, 0.3) is 0 Å².